The highest BCUT2D eigenvalue weighted by molar-refractivity contribution is 5.38. The second-order valence-corrected chi connectivity index (χ2v) is 7.98. The molecular formula is C20H29NO2. The van der Waals surface area contributed by atoms with Crippen molar-refractivity contribution >= 4 is 0 Å². The molecule has 126 valence electrons. The van der Waals surface area contributed by atoms with Crippen molar-refractivity contribution in [2.75, 3.05) is 26.7 Å². The molecule has 0 spiro atoms. The van der Waals surface area contributed by atoms with E-state index in [1.54, 1.807) is 7.11 Å². The fourth-order valence-corrected chi connectivity index (χ4v) is 5.00. The van der Waals surface area contributed by atoms with E-state index >= 15 is 0 Å². The molecule has 3 nitrogen and oxygen atoms in total. The second kappa shape index (κ2) is 5.78. The Kier molecular flexibility index (Phi) is 3.89. The number of fused-ring (bicyclic) bond motifs is 1. The van der Waals surface area contributed by atoms with Gasteiger partial charge in [0, 0.05) is 18.5 Å². The summed E-state index contributed by atoms with van der Waals surface area (Å²) in [6, 6.07) is 8.45. The van der Waals surface area contributed by atoms with Crippen LogP contribution in [0.25, 0.3) is 0 Å². The quantitative estimate of drug-likeness (QED) is 0.925. The van der Waals surface area contributed by atoms with E-state index in [4.69, 9.17) is 4.74 Å². The van der Waals surface area contributed by atoms with Crippen LogP contribution in [0.3, 0.4) is 0 Å². The lowest BCUT2D eigenvalue weighted by Crippen LogP contribution is -2.64. The summed E-state index contributed by atoms with van der Waals surface area (Å²) in [4.78, 5) is 2.53. The van der Waals surface area contributed by atoms with Crippen molar-refractivity contribution in [1.82, 2.24) is 4.90 Å². The molecule has 3 heteroatoms. The molecule has 2 atom stereocenters. The van der Waals surface area contributed by atoms with Crippen molar-refractivity contribution in [3.63, 3.8) is 0 Å². The summed E-state index contributed by atoms with van der Waals surface area (Å²) in [6.07, 6.45) is 8.26. The first-order valence-corrected chi connectivity index (χ1v) is 9.24. The van der Waals surface area contributed by atoms with Crippen LogP contribution in [-0.2, 0) is 5.41 Å². The van der Waals surface area contributed by atoms with Crippen molar-refractivity contribution in [3.8, 4) is 5.75 Å². The minimum atomic E-state index is -0.579. The molecular weight excluding hydrogens is 286 g/mol. The van der Waals surface area contributed by atoms with Crippen LogP contribution in [-0.4, -0.2) is 42.4 Å². The van der Waals surface area contributed by atoms with E-state index in [1.807, 2.05) is 6.07 Å². The summed E-state index contributed by atoms with van der Waals surface area (Å²) >= 11 is 0. The van der Waals surface area contributed by atoms with E-state index in [2.05, 4.69) is 23.1 Å². The van der Waals surface area contributed by atoms with Gasteiger partial charge in [0.25, 0.3) is 0 Å². The SMILES string of the molecule is COc1cccc(C23CCCCC2(O)CN(CC2CC2)CC3)c1. The highest BCUT2D eigenvalue weighted by Gasteiger charge is 2.55. The van der Waals surface area contributed by atoms with Gasteiger partial charge in [-0.25, -0.2) is 0 Å². The molecule has 23 heavy (non-hydrogen) atoms. The zero-order valence-corrected chi connectivity index (χ0v) is 14.3. The van der Waals surface area contributed by atoms with Crippen LogP contribution in [0.4, 0.5) is 0 Å². The Morgan fingerprint density at radius 3 is 2.83 bits per heavy atom. The molecule has 2 unspecified atom stereocenters. The first kappa shape index (κ1) is 15.5. The Morgan fingerprint density at radius 2 is 2.04 bits per heavy atom. The molecule has 1 aliphatic heterocycles. The van der Waals surface area contributed by atoms with Gasteiger partial charge in [0.1, 0.15) is 5.75 Å². The fourth-order valence-electron chi connectivity index (χ4n) is 5.00. The molecule has 0 bridgehead atoms. The number of methoxy groups -OCH3 is 1. The van der Waals surface area contributed by atoms with E-state index in [9.17, 15) is 5.11 Å². The number of rotatable bonds is 4. The number of hydrogen-bond acceptors (Lipinski definition) is 3. The van der Waals surface area contributed by atoms with Gasteiger partial charge in [-0.1, -0.05) is 25.0 Å². The van der Waals surface area contributed by atoms with E-state index in [1.165, 1.54) is 31.4 Å². The largest absolute Gasteiger partial charge is 0.497 e. The third-order valence-corrected chi connectivity index (χ3v) is 6.51. The Bertz CT molecular complexity index is 571. The van der Waals surface area contributed by atoms with Crippen LogP contribution in [0, 0.1) is 5.92 Å². The molecule has 3 fully saturated rings. The maximum Gasteiger partial charge on any atom is 0.119 e. The fraction of sp³-hybridized carbons (Fsp3) is 0.700. The van der Waals surface area contributed by atoms with Crippen LogP contribution in [0.15, 0.2) is 24.3 Å². The summed E-state index contributed by atoms with van der Waals surface area (Å²) < 4.78 is 5.44. The van der Waals surface area contributed by atoms with Crippen LogP contribution in [0.1, 0.15) is 50.5 Å². The predicted octanol–water partition coefficient (Wildman–Crippen LogP) is 3.35. The van der Waals surface area contributed by atoms with Gasteiger partial charge in [-0.15, -0.1) is 0 Å². The summed E-state index contributed by atoms with van der Waals surface area (Å²) in [5, 5.41) is 11.7. The van der Waals surface area contributed by atoms with E-state index in [0.29, 0.717) is 0 Å². The van der Waals surface area contributed by atoms with Crippen molar-refractivity contribution in [1.29, 1.82) is 0 Å². The molecule has 3 aliphatic rings. The minimum Gasteiger partial charge on any atom is -0.497 e. The number of β-amino-alcohol motifs (C(OH)–C–C–N with tert-alkyl or cyclic N) is 1. The maximum atomic E-state index is 11.7. The van der Waals surface area contributed by atoms with Crippen molar-refractivity contribution in [2.24, 2.45) is 5.92 Å². The van der Waals surface area contributed by atoms with Crippen LogP contribution in [0.5, 0.6) is 5.75 Å². The number of piperidine rings is 1. The third kappa shape index (κ3) is 2.68. The van der Waals surface area contributed by atoms with Gasteiger partial charge in [-0.2, -0.15) is 0 Å². The number of benzene rings is 1. The van der Waals surface area contributed by atoms with Gasteiger partial charge in [-0.05, 0) is 62.3 Å². The lowest BCUT2D eigenvalue weighted by Gasteiger charge is -2.56. The van der Waals surface area contributed by atoms with Crippen molar-refractivity contribution in [3.05, 3.63) is 29.8 Å². The average Bonchev–Trinajstić information content (AvgIpc) is 3.38. The second-order valence-electron chi connectivity index (χ2n) is 7.98. The topological polar surface area (TPSA) is 32.7 Å². The van der Waals surface area contributed by atoms with E-state index in [-0.39, 0.29) is 5.41 Å². The molecule has 4 rings (SSSR count). The molecule has 2 saturated carbocycles. The third-order valence-electron chi connectivity index (χ3n) is 6.51. The monoisotopic (exact) mass is 315 g/mol. The lowest BCUT2D eigenvalue weighted by atomic mass is 9.56. The Labute approximate surface area is 139 Å². The first-order valence-electron chi connectivity index (χ1n) is 9.24. The molecule has 1 heterocycles. The van der Waals surface area contributed by atoms with Gasteiger partial charge in [-0.3, -0.25) is 0 Å². The molecule has 2 aliphatic carbocycles. The molecule has 1 aromatic carbocycles. The highest BCUT2D eigenvalue weighted by Crippen LogP contribution is 2.52. The highest BCUT2D eigenvalue weighted by atomic mass is 16.5. The van der Waals surface area contributed by atoms with Gasteiger partial charge in [0.05, 0.1) is 12.7 Å². The molecule has 1 aromatic rings. The number of likely N-dealkylation sites (tertiary alicyclic amines) is 1. The van der Waals surface area contributed by atoms with E-state index < -0.39 is 5.60 Å². The average molecular weight is 315 g/mol. The number of hydrogen-bond donors (Lipinski definition) is 1. The first-order chi connectivity index (χ1) is 11.2. The van der Waals surface area contributed by atoms with Crippen LogP contribution in [0.2, 0.25) is 0 Å². The summed E-state index contributed by atoms with van der Waals surface area (Å²) in [5.74, 6) is 1.80. The van der Waals surface area contributed by atoms with Crippen molar-refractivity contribution < 1.29 is 9.84 Å². The van der Waals surface area contributed by atoms with Crippen LogP contribution < -0.4 is 4.74 Å². The van der Waals surface area contributed by atoms with Crippen molar-refractivity contribution in [2.45, 2.75) is 56.0 Å². The Balaban J connectivity index is 1.65. The maximum absolute atomic E-state index is 11.7. The standard InChI is InChI=1S/C20H29NO2/c1-23-18-6-4-5-17(13-18)19-9-2-3-10-20(19,22)15-21(12-11-19)14-16-7-8-16/h4-6,13,16,22H,2-3,7-12,14-15H2,1H3. The zero-order chi connectivity index (χ0) is 15.9. The Morgan fingerprint density at radius 1 is 1.22 bits per heavy atom. The normalized spacial score (nSPS) is 34.9. The molecule has 0 aromatic heterocycles. The summed E-state index contributed by atoms with van der Waals surface area (Å²) in [7, 11) is 1.72. The molecule has 0 amide bonds. The molecule has 1 saturated heterocycles. The van der Waals surface area contributed by atoms with Gasteiger partial charge < -0.3 is 14.7 Å². The summed E-state index contributed by atoms with van der Waals surface area (Å²) in [6.45, 7) is 3.16. The number of nitrogens with zero attached hydrogens (tertiary/aromatic N) is 1. The van der Waals surface area contributed by atoms with E-state index in [0.717, 1.165) is 50.4 Å². The van der Waals surface area contributed by atoms with Crippen LogP contribution >= 0.6 is 0 Å². The Hall–Kier alpha value is -1.06. The number of ether oxygens (including phenoxy) is 1. The summed E-state index contributed by atoms with van der Waals surface area (Å²) in [5.41, 5.74) is 0.620. The zero-order valence-electron chi connectivity index (χ0n) is 14.3. The van der Waals surface area contributed by atoms with Gasteiger partial charge in [0.2, 0.25) is 0 Å². The molecule has 1 N–H and O–H groups in total. The predicted molar refractivity (Wildman–Crippen MR) is 91.9 cm³/mol. The van der Waals surface area contributed by atoms with Gasteiger partial charge in [0.15, 0.2) is 0 Å². The molecule has 0 radical (unpaired) electrons. The minimum absolute atomic E-state index is 0.0835. The smallest absolute Gasteiger partial charge is 0.119 e. The van der Waals surface area contributed by atoms with Gasteiger partial charge >= 0.3 is 0 Å². The number of aliphatic hydroxyl groups is 1. The lowest BCUT2D eigenvalue weighted by molar-refractivity contribution is -0.121.